The number of rotatable bonds is 11. The van der Waals surface area contributed by atoms with Crippen molar-refractivity contribution in [2.45, 2.75) is 31.2 Å². The molecule has 144 valence electrons. The number of hydrogen-bond acceptors (Lipinski definition) is 5. The molecule has 2 aromatic carbocycles. The number of halogens is 1. The van der Waals surface area contributed by atoms with Crippen molar-refractivity contribution in [1.29, 1.82) is 0 Å². The maximum atomic E-state index is 11.8. The zero-order valence-electron chi connectivity index (χ0n) is 14.9. The van der Waals surface area contributed by atoms with Crippen molar-refractivity contribution >= 4 is 23.3 Å². The predicted octanol–water partition coefficient (Wildman–Crippen LogP) is 4.75. The maximum absolute atomic E-state index is 11.8. The van der Waals surface area contributed by atoms with Crippen LogP contribution in [0.25, 0.3) is 0 Å². The fourth-order valence-electron chi connectivity index (χ4n) is 2.48. The van der Waals surface area contributed by atoms with Gasteiger partial charge in [-0.2, -0.15) is 0 Å². The number of esters is 1. The third-order valence-corrected chi connectivity index (χ3v) is 4.24. The molecule has 0 fully saturated rings. The molecule has 0 amide bonds. The van der Waals surface area contributed by atoms with E-state index in [-0.39, 0.29) is 23.6 Å². The zero-order valence-corrected chi connectivity index (χ0v) is 15.6. The molecule has 0 spiro atoms. The number of nitro groups is 1. The molecule has 0 heterocycles. The second-order valence-electron chi connectivity index (χ2n) is 6.00. The van der Waals surface area contributed by atoms with Crippen molar-refractivity contribution in [1.82, 2.24) is 0 Å². The van der Waals surface area contributed by atoms with E-state index in [2.05, 4.69) is 0 Å². The maximum Gasteiger partial charge on any atom is 0.338 e. The molecule has 6 nitrogen and oxygen atoms in total. The first-order chi connectivity index (χ1) is 13.1. The quantitative estimate of drug-likeness (QED) is 0.181. The summed E-state index contributed by atoms with van der Waals surface area (Å²) < 4.78 is 10.7. The van der Waals surface area contributed by atoms with Crippen LogP contribution in [-0.4, -0.2) is 29.5 Å². The Balaban J connectivity index is 1.58. The van der Waals surface area contributed by atoms with Crippen molar-refractivity contribution in [3.63, 3.8) is 0 Å². The van der Waals surface area contributed by atoms with Gasteiger partial charge in [0.2, 0.25) is 0 Å². The Morgan fingerprint density at radius 2 is 1.78 bits per heavy atom. The first-order valence-corrected chi connectivity index (χ1v) is 9.18. The molecule has 0 aliphatic carbocycles. The number of nitro benzene ring substituents is 1. The average Bonchev–Trinajstić information content (AvgIpc) is 2.68. The Labute approximate surface area is 163 Å². The Morgan fingerprint density at radius 3 is 2.52 bits per heavy atom. The summed E-state index contributed by atoms with van der Waals surface area (Å²) >= 11 is 6.22. The predicted molar refractivity (Wildman–Crippen MR) is 103 cm³/mol. The number of alkyl halides is 1. The molecular weight excluding hydrogens is 370 g/mol. The van der Waals surface area contributed by atoms with E-state index >= 15 is 0 Å². The van der Waals surface area contributed by atoms with E-state index in [4.69, 9.17) is 21.1 Å². The summed E-state index contributed by atoms with van der Waals surface area (Å²) in [6.07, 6.45) is 2.22. The number of unbranched alkanes of at least 4 members (excludes halogenated alkanes) is 1. The lowest BCUT2D eigenvalue weighted by molar-refractivity contribution is -0.385. The van der Waals surface area contributed by atoms with E-state index in [9.17, 15) is 14.9 Å². The molecule has 1 unspecified atom stereocenters. The first kappa shape index (κ1) is 20.9. The van der Waals surface area contributed by atoms with Crippen molar-refractivity contribution in [2.24, 2.45) is 0 Å². The number of para-hydroxylation sites is 1. The molecule has 27 heavy (non-hydrogen) atoms. The van der Waals surface area contributed by atoms with Gasteiger partial charge in [-0.1, -0.05) is 30.3 Å². The summed E-state index contributed by atoms with van der Waals surface area (Å²) in [5.41, 5.74) is 1.11. The molecule has 0 aromatic heterocycles. The highest BCUT2D eigenvalue weighted by molar-refractivity contribution is 6.20. The minimum Gasteiger partial charge on any atom is -0.462 e. The fraction of sp³-hybridized carbons (Fsp3) is 0.350. The van der Waals surface area contributed by atoms with Crippen LogP contribution in [0.2, 0.25) is 0 Å². The van der Waals surface area contributed by atoms with Gasteiger partial charge in [0.15, 0.2) is 0 Å². The topological polar surface area (TPSA) is 78.7 Å². The summed E-state index contributed by atoms with van der Waals surface area (Å²) in [4.78, 5) is 22.3. The zero-order chi connectivity index (χ0) is 19.5. The summed E-state index contributed by atoms with van der Waals surface area (Å²) in [6.45, 7) is 0.793. The molecule has 2 aromatic rings. The lowest BCUT2D eigenvalue weighted by Gasteiger charge is -2.11. The van der Waals surface area contributed by atoms with Crippen molar-refractivity contribution in [3.8, 4) is 0 Å². The highest BCUT2D eigenvalue weighted by atomic mass is 35.5. The van der Waals surface area contributed by atoms with Gasteiger partial charge in [0, 0.05) is 6.07 Å². The van der Waals surface area contributed by atoms with E-state index in [1.54, 1.807) is 42.5 Å². The van der Waals surface area contributed by atoms with E-state index in [0.717, 1.165) is 6.42 Å². The highest BCUT2D eigenvalue weighted by Crippen LogP contribution is 2.19. The van der Waals surface area contributed by atoms with Gasteiger partial charge in [-0.05, 0) is 37.5 Å². The first-order valence-electron chi connectivity index (χ1n) is 8.74. The average molecular weight is 392 g/mol. The summed E-state index contributed by atoms with van der Waals surface area (Å²) in [7, 11) is 0. The van der Waals surface area contributed by atoms with Crippen LogP contribution in [0.15, 0.2) is 54.6 Å². The second-order valence-corrected chi connectivity index (χ2v) is 6.61. The van der Waals surface area contributed by atoms with Gasteiger partial charge in [0.1, 0.15) is 0 Å². The third kappa shape index (κ3) is 7.37. The van der Waals surface area contributed by atoms with Gasteiger partial charge in [-0.15, -0.1) is 11.6 Å². The van der Waals surface area contributed by atoms with E-state index in [0.29, 0.717) is 37.2 Å². The monoisotopic (exact) mass is 391 g/mol. The number of hydrogen-bond donors (Lipinski definition) is 0. The second kappa shape index (κ2) is 11.3. The van der Waals surface area contributed by atoms with Crippen LogP contribution < -0.4 is 0 Å². The molecule has 0 radical (unpaired) electrons. The minimum absolute atomic E-state index is 0.0452. The normalized spacial score (nSPS) is 11.7. The Hall–Kier alpha value is -2.44. The number of carbonyl (C=O) groups excluding carboxylic acids is 1. The number of ether oxygens (including phenoxy) is 2. The fourth-order valence-corrected chi connectivity index (χ4v) is 2.72. The summed E-state index contributed by atoms with van der Waals surface area (Å²) in [5, 5.41) is 10.8. The van der Waals surface area contributed by atoms with Crippen LogP contribution in [0.5, 0.6) is 0 Å². The van der Waals surface area contributed by atoms with Crippen LogP contribution in [0.3, 0.4) is 0 Å². The van der Waals surface area contributed by atoms with Crippen molar-refractivity contribution < 1.29 is 19.2 Å². The molecule has 0 saturated heterocycles. The summed E-state index contributed by atoms with van der Waals surface area (Å²) in [6, 6.07) is 15.3. The number of benzene rings is 2. The van der Waals surface area contributed by atoms with Crippen LogP contribution in [-0.2, 0) is 16.1 Å². The molecule has 1 atom stereocenters. The molecule has 0 aliphatic heterocycles. The van der Waals surface area contributed by atoms with Crippen LogP contribution in [0.1, 0.15) is 35.2 Å². The van der Waals surface area contributed by atoms with Gasteiger partial charge in [0.25, 0.3) is 5.69 Å². The molecule has 0 saturated carbocycles. The minimum atomic E-state index is -0.423. The largest absolute Gasteiger partial charge is 0.462 e. The molecular formula is C20H22ClNO5. The van der Waals surface area contributed by atoms with E-state index in [1.165, 1.54) is 6.07 Å². The molecule has 0 aliphatic rings. The lowest BCUT2D eigenvalue weighted by atomic mass is 10.2. The molecule has 7 heteroatoms. The highest BCUT2D eigenvalue weighted by Gasteiger charge is 2.13. The van der Waals surface area contributed by atoms with Crippen molar-refractivity contribution in [3.05, 3.63) is 75.8 Å². The van der Waals surface area contributed by atoms with E-state index in [1.807, 2.05) is 6.07 Å². The smallest absolute Gasteiger partial charge is 0.338 e. The molecule has 0 N–H and O–H groups in total. The molecule has 0 bridgehead atoms. The third-order valence-electron chi connectivity index (χ3n) is 3.90. The van der Waals surface area contributed by atoms with Crippen LogP contribution >= 0.6 is 11.6 Å². The number of carbonyl (C=O) groups is 1. The van der Waals surface area contributed by atoms with Crippen LogP contribution in [0, 0.1) is 10.1 Å². The standard InChI is InChI=1S/C20H22ClNO5/c21-18(15-26-14-17-10-4-5-12-19(17)22(24)25)11-6-7-13-27-20(23)16-8-2-1-3-9-16/h1-5,8-10,12,18H,6-7,11,13-15H2. The van der Waals surface area contributed by atoms with Crippen molar-refractivity contribution in [2.75, 3.05) is 13.2 Å². The SMILES string of the molecule is O=C(OCCCCC(Cl)COCc1ccccc1[N+](=O)[O-])c1ccccc1. The van der Waals surface area contributed by atoms with Gasteiger partial charge in [0.05, 0.1) is 41.2 Å². The van der Waals surface area contributed by atoms with E-state index < -0.39 is 4.92 Å². The van der Waals surface area contributed by atoms with Gasteiger partial charge in [-0.25, -0.2) is 4.79 Å². The molecule has 2 rings (SSSR count). The lowest BCUT2D eigenvalue weighted by Crippen LogP contribution is -2.11. The van der Waals surface area contributed by atoms with Gasteiger partial charge < -0.3 is 9.47 Å². The number of nitrogens with zero attached hydrogens (tertiary/aromatic N) is 1. The van der Waals surface area contributed by atoms with Crippen LogP contribution in [0.4, 0.5) is 5.69 Å². The summed E-state index contributed by atoms with van der Waals surface area (Å²) in [5.74, 6) is -0.328. The Kier molecular flexibility index (Phi) is 8.74. The Bertz CT molecular complexity index is 738. The Morgan fingerprint density at radius 1 is 1.07 bits per heavy atom. The van der Waals surface area contributed by atoms with Gasteiger partial charge >= 0.3 is 5.97 Å². The van der Waals surface area contributed by atoms with Gasteiger partial charge in [-0.3, -0.25) is 10.1 Å².